The molecule has 0 N–H and O–H groups in total. The summed E-state index contributed by atoms with van der Waals surface area (Å²) in [6.07, 6.45) is 0.0171. The van der Waals surface area contributed by atoms with E-state index in [4.69, 9.17) is 14.2 Å². The first-order valence-corrected chi connectivity index (χ1v) is 11.9. The first kappa shape index (κ1) is 22.2. The molecule has 0 radical (unpaired) electrons. The van der Waals surface area contributed by atoms with Gasteiger partial charge in [0, 0.05) is 22.1 Å². The van der Waals surface area contributed by atoms with Crippen LogP contribution in [0.25, 0.3) is 10.9 Å². The Hall–Kier alpha value is -2.97. The van der Waals surface area contributed by atoms with Crippen LogP contribution in [0.1, 0.15) is 17.7 Å². The van der Waals surface area contributed by atoms with Crippen molar-refractivity contribution in [2.45, 2.75) is 24.8 Å². The average Bonchev–Trinajstić information content (AvgIpc) is 2.75. The number of fused-ring (bicyclic) bond motifs is 1. The molecule has 0 atom stereocenters. The quantitative estimate of drug-likeness (QED) is 0.480. The van der Waals surface area contributed by atoms with Gasteiger partial charge in [0.2, 0.25) is 0 Å². The van der Waals surface area contributed by atoms with E-state index >= 15 is 0 Å². The fourth-order valence-corrected chi connectivity index (χ4v) is 5.70. The first-order chi connectivity index (χ1) is 15.3. The third kappa shape index (κ3) is 4.76. The van der Waals surface area contributed by atoms with Gasteiger partial charge >= 0.3 is 5.97 Å². The maximum Gasteiger partial charge on any atom is 0.306 e. The summed E-state index contributed by atoms with van der Waals surface area (Å²) in [7, 11) is -2.31. The summed E-state index contributed by atoms with van der Waals surface area (Å²) >= 11 is 0. The molecule has 0 spiro atoms. The van der Waals surface area contributed by atoms with Gasteiger partial charge in [-0.2, -0.15) is 0 Å². The normalized spacial score (nSPS) is 15.2. The molecule has 0 unspecified atom stereocenters. The van der Waals surface area contributed by atoms with Crippen LogP contribution in [0.5, 0.6) is 5.75 Å². The van der Waals surface area contributed by atoms with E-state index in [1.807, 2.05) is 37.3 Å². The Morgan fingerprint density at radius 1 is 1.12 bits per heavy atom. The number of rotatable bonds is 8. The van der Waals surface area contributed by atoms with Crippen molar-refractivity contribution in [2.75, 3.05) is 26.1 Å². The van der Waals surface area contributed by atoms with Crippen LogP contribution in [0.2, 0.25) is 0 Å². The van der Waals surface area contributed by atoms with Gasteiger partial charge in [0.15, 0.2) is 9.84 Å². The van der Waals surface area contributed by atoms with Gasteiger partial charge in [-0.1, -0.05) is 18.2 Å². The average molecular weight is 456 g/mol. The standard InChI is InChI=1S/C24H25NO6S/c1-17-11-18(21-5-3-4-6-22(21)25-17)13-31-19-7-9-20(10-8-19)32(27,28)16-24(14-30-15-24)12-23(26)29-2/h3-11H,12-16H2,1-2H3. The molecule has 32 heavy (non-hydrogen) atoms. The molecule has 8 heteroatoms. The molecule has 2 heterocycles. The van der Waals surface area contributed by atoms with Gasteiger partial charge in [-0.25, -0.2) is 8.42 Å². The third-order valence-corrected chi connectivity index (χ3v) is 7.55. The number of pyridine rings is 1. The molecule has 2 aromatic carbocycles. The van der Waals surface area contributed by atoms with Gasteiger partial charge < -0.3 is 14.2 Å². The van der Waals surface area contributed by atoms with Crippen LogP contribution in [-0.2, 0) is 30.7 Å². The number of sulfone groups is 1. The van der Waals surface area contributed by atoms with Crippen molar-refractivity contribution in [3.63, 3.8) is 0 Å². The Bertz CT molecular complexity index is 1230. The van der Waals surface area contributed by atoms with Crippen LogP contribution in [0.3, 0.4) is 0 Å². The van der Waals surface area contributed by atoms with Crippen molar-refractivity contribution in [1.82, 2.24) is 4.98 Å². The summed E-state index contributed by atoms with van der Waals surface area (Å²) in [5.41, 5.74) is 2.10. The molecule has 1 aromatic heterocycles. The Kier molecular flexibility index (Phi) is 6.17. The monoisotopic (exact) mass is 455 g/mol. The summed E-state index contributed by atoms with van der Waals surface area (Å²) in [6.45, 7) is 2.73. The number of aromatic nitrogens is 1. The number of benzene rings is 2. The van der Waals surface area contributed by atoms with Crippen molar-refractivity contribution >= 4 is 26.7 Å². The highest BCUT2D eigenvalue weighted by Gasteiger charge is 2.45. The Balaban J connectivity index is 1.46. The zero-order chi connectivity index (χ0) is 22.8. The number of ether oxygens (including phenoxy) is 3. The van der Waals surface area contributed by atoms with Crippen molar-refractivity contribution in [2.24, 2.45) is 5.41 Å². The van der Waals surface area contributed by atoms with Crippen molar-refractivity contribution in [3.8, 4) is 5.75 Å². The molecule has 1 aliphatic heterocycles. The van der Waals surface area contributed by atoms with E-state index in [0.29, 0.717) is 12.4 Å². The lowest BCUT2D eigenvalue weighted by molar-refractivity contribution is -0.155. The number of para-hydroxylation sites is 1. The van der Waals surface area contributed by atoms with E-state index in [1.165, 1.54) is 19.2 Å². The summed E-state index contributed by atoms with van der Waals surface area (Å²) in [5.74, 6) is -0.0396. The summed E-state index contributed by atoms with van der Waals surface area (Å²) in [6, 6.07) is 16.2. The molecule has 1 aliphatic rings. The largest absolute Gasteiger partial charge is 0.489 e. The zero-order valence-electron chi connectivity index (χ0n) is 18.0. The molecule has 1 saturated heterocycles. The molecule has 4 rings (SSSR count). The Labute approximate surface area is 187 Å². The van der Waals surface area contributed by atoms with Gasteiger partial charge in [0.25, 0.3) is 0 Å². The van der Waals surface area contributed by atoms with E-state index in [2.05, 4.69) is 4.98 Å². The maximum absolute atomic E-state index is 12.9. The lowest BCUT2D eigenvalue weighted by Crippen LogP contribution is -2.49. The van der Waals surface area contributed by atoms with Crippen LogP contribution in [0, 0.1) is 12.3 Å². The van der Waals surface area contributed by atoms with Crippen LogP contribution >= 0.6 is 0 Å². The number of esters is 1. The second kappa shape index (κ2) is 8.88. The minimum absolute atomic E-state index is 0.0171. The predicted molar refractivity (Wildman–Crippen MR) is 119 cm³/mol. The van der Waals surface area contributed by atoms with E-state index in [9.17, 15) is 13.2 Å². The number of hydrogen-bond donors (Lipinski definition) is 0. The first-order valence-electron chi connectivity index (χ1n) is 10.3. The number of hydrogen-bond acceptors (Lipinski definition) is 7. The molecule has 0 amide bonds. The van der Waals surface area contributed by atoms with Crippen LogP contribution in [0.4, 0.5) is 0 Å². The second-order valence-electron chi connectivity index (χ2n) is 8.20. The highest BCUT2D eigenvalue weighted by atomic mass is 32.2. The molecule has 168 valence electrons. The Morgan fingerprint density at radius 2 is 1.84 bits per heavy atom. The minimum atomic E-state index is -3.60. The molecule has 0 aliphatic carbocycles. The van der Waals surface area contributed by atoms with Gasteiger partial charge in [-0.3, -0.25) is 9.78 Å². The van der Waals surface area contributed by atoms with E-state index in [1.54, 1.807) is 12.1 Å². The van der Waals surface area contributed by atoms with Crippen molar-refractivity contribution in [3.05, 3.63) is 65.9 Å². The van der Waals surface area contributed by atoms with Gasteiger partial charge in [-0.05, 0) is 43.3 Å². The fourth-order valence-electron chi connectivity index (χ4n) is 3.91. The molecule has 7 nitrogen and oxygen atoms in total. The Morgan fingerprint density at radius 3 is 2.50 bits per heavy atom. The van der Waals surface area contributed by atoms with E-state index in [-0.39, 0.29) is 30.3 Å². The fraction of sp³-hybridized carbons (Fsp3) is 0.333. The molecule has 3 aromatic rings. The van der Waals surface area contributed by atoms with Crippen LogP contribution < -0.4 is 4.74 Å². The highest BCUT2D eigenvalue weighted by molar-refractivity contribution is 7.91. The lowest BCUT2D eigenvalue weighted by Gasteiger charge is -2.40. The molecule has 0 bridgehead atoms. The summed E-state index contributed by atoms with van der Waals surface area (Å²) in [5, 5.41) is 1.02. The number of methoxy groups -OCH3 is 1. The molecule has 0 saturated carbocycles. The second-order valence-corrected chi connectivity index (χ2v) is 10.2. The van der Waals surface area contributed by atoms with Crippen molar-refractivity contribution < 1.29 is 27.4 Å². The number of aryl methyl sites for hydroxylation is 1. The number of nitrogens with zero attached hydrogens (tertiary/aromatic N) is 1. The third-order valence-electron chi connectivity index (χ3n) is 5.57. The van der Waals surface area contributed by atoms with Crippen molar-refractivity contribution in [1.29, 1.82) is 0 Å². The SMILES string of the molecule is COC(=O)CC1(CS(=O)(=O)c2ccc(OCc3cc(C)nc4ccccc34)cc2)COC1. The van der Waals surface area contributed by atoms with Crippen LogP contribution in [0.15, 0.2) is 59.5 Å². The van der Waals surface area contributed by atoms with Crippen LogP contribution in [-0.4, -0.2) is 45.4 Å². The number of carbonyl (C=O) groups is 1. The summed E-state index contributed by atoms with van der Waals surface area (Å²) in [4.78, 5) is 16.4. The lowest BCUT2D eigenvalue weighted by atomic mass is 9.85. The maximum atomic E-state index is 12.9. The molecular formula is C24H25NO6S. The zero-order valence-corrected chi connectivity index (χ0v) is 18.9. The van der Waals surface area contributed by atoms with Gasteiger partial charge in [0.05, 0.1) is 42.9 Å². The topological polar surface area (TPSA) is 91.8 Å². The highest BCUT2D eigenvalue weighted by Crippen LogP contribution is 2.35. The number of carbonyl (C=O) groups excluding carboxylic acids is 1. The summed E-state index contributed by atoms with van der Waals surface area (Å²) < 4.78 is 41.7. The van der Waals surface area contributed by atoms with Gasteiger partial charge in [-0.15, -0.1) is 0 Å². The molecular weight excluding hydrogens is 430 g/mol. The minimum Gasteiger partial charge on any atom is -0.489 e. The van der Waals surface area contributed by atoms with Gasteiger partial charge in [0.1, 0.15) is 12.4 Å². The van der Waals surface area contributed by atoms with E-state index < -0.39 is 21.2 Å². The van der Waals surface area contributed by atoms with E-state index in [0.717, 1.165) is 22.2 Å². The smallest absolute Gasteiger partial charge is 0.306 e. The predicted octanol–water partition coefficient (Wildman–Crippen LogP) is 3.48. The molecule has 1 fully saturated rings.